The highest BCUT2D eigenvalue weighted by Gasteiger charge is 2.04. The van der Waals surface area contributed by atoms with E-state index in [1.807, 2.05) is 18.2 Å². The van der Waals surface area contributed by atoms with E-state index in [1.165, 1.54) is 0 Å². The highest BCUT2D eigenvalue weighted by atomic mass is 32.1. The molecule has 90 valence electrons. The second-order valence-corrected chi connectivity index (χ2v) is 4.39. The van der Waals surface area contributed by atoms with Crippen molar-refractivity contribution in [2.75, 3.05) is 20.3 Å². The Hall–Kier alpha value is -1.30. The summed E-state index contributed by atoms with van der Waals surface area (Å²) in [6.45, 7) is 2.33. The van der Waals surface area contributed by atoms with Crippen molar-refractivity contribution in [3.05, 3.63) is 35.5 Å². The van der Waals surface area contributed by atoms with Gasteiger partial charge in [-0.2, -0.15) is 0 Å². The van der Waals surface area contributed by atoms with Gasteiger partial charge in [0.25, 0.3) is 0 Å². The molecule has 0 radical (unpaired) electrons. The maximum absolute atomic E-state index is 4.96. The zero-order chi connectivity index (χ0) is 11.9. The van der Waals surface area contributed by atoms with E-state index in [1.54, 1.807) is 24.6 Å². The van der Waals surface area contributed by atoms with Gasteiger partial charge in [-0.05, 0) is 12.1 Å². The number of ether oxygens (including phenoxy) is 1. The molecule has 0 aliphatic heterocycles. The molecule has 0 saturated heterocycles. The van der Waals surface area contributed by atoms with Crippen molar-refractivity contribution in [3.63, 3.8) is 0 Å². The van der Waals surface area contributed by atoms with Gasteiger partial charge < -0.3 is 10.1 Å². The quantitative estimate of drug-likeness (QED) is 0.795. The van der Waals surface area contributed by atoms with Crippen LogP contribution < -0.4 is 5.32 Å². The molecule has 2 aromatic heterocycles. The first kappa shape index (κ1) is 12.2. The number of pyridine rings is 1. The van der Waals surface area contributed by atoms with Crippen LogP contribution in [-0.2, 0) is 11.3 Å². The normalized spacial score (nSPS) is 10.6. The highest BCUT2D eigenvalue weighted by molar-refractivity contribution is 7.13. The van der Waals surface area contributed by atoms with Crippen LogP contribution in [0.4, 0.5) is 0 Å². The molecule has 2 aromatic rings. The lowest BCUT2D eigenvalue weighted by molar-refractivity contribution is 0.199. The molecular weight excluding hydrogens is 234 g/mol. The van der Waals surface area contributed by atoms with Crippen LogP contribution in [0.3, 0.4) is 0 Å². The van der Waals surface area contributed by atoms with E-state index in [9.17, 15) is 0 Å². The van der Waals surface area contributed by atoms with E-state index in [0.29, 0.717) is 0 Å². The van der Waals surface area contributed by atoms with Gasteiger partial charge in [0.05, 0.1) is 18.0 Å². The van der Waals surface area contributed by atoms with E-state index in [4.69, 9.17) is 4.74 Å². The molecule has 4 nitrogen and oxygen atoms in total. The summed E-state index contributed by atoms with van der Waals surface area (Å²) in [7, 11) is 1.70. The van der Waals surface area contributed by atoms with Gasteiger partial charge in [-0.3, -0.25) is 4.98 Å². The highest BCUT2D eigenvalue weighted by Crippen LogP contribution is 2.20. The van der Waals surface area contributed by atoms with E-state index in [-0.39, 0.29) is 0 Å². The van der Waals surface area contributed by atoms with Crippen LogP contribution in [0.5, 0.6) is 0 Å². The van der Waals surface area contributed by atoms with Gasteiger partial charge in [0.2, 0.25) is 0 Å². The summed E-state index contributed by atoms with van der Waals surface area (Å²) < 4.78 is 4.96. The Morgan fingerprint density at radius 2 is 2.35 bits per heavy atom. The van der Waals surface area contributed by atoms with Crippen molar-refractivity contribution in [2.24, 2.45) is 0 Å². The van der Waals surface area contributed by atoms with Crippen molar-refractivity contribution in [2.45, 2.75) is 6.54 Å². The number of aromatic nitrogens is 2. The van der Waals surface area contributed by atoms with Gasteiger partial charge in [-0.15, -0.1) is 11.3 Å². The molecule has 2 rings (SSSR count). The Bertz CT molecular complexity index is 444. The third-order valence-electron chi connectivity index (χ3n) is 2.22. The number of rotatable bonds is 6. The lowest BCUT2D eigenvalue weighted by Gasteiger charge is -2.00. The van der Waals surface area contributed by atoms with E-state index in [2.05, 4.69) is 20.7 Å². The first-order valence-corrected chi connectivity index (χ1v) is 6.33. The summed E-state index contributed by atoms with van der Waals surface area (Å²) in [5.74, 6) is 0. The average molecular weight is 249 g/mol. The van der Waals surface area contributed by atoms with Crippen molar-refractivity contribution >= 4 is 11.3 Å². The monoisotopic (exact) mass is 249 g/mol. The third kappa shape index (κ3) is 3.59. The molecule has 0 unspecified atom stereocenters. The zero-order valence-corrected chi connectivity index (χ0v) is 10.5. The molecule has 0 atom stereocenters. The largest absolute Gasteiger partial charge is 0.383 e. The van der Waals surface area contributed by atoms with Gasteiger partial charge in [0.15, 0.2) is 0 Å². The van der Waals surface area contributed by atoms with Gasteiger partial charge in [0.1, 0.15) is 5.01 Å². The standard InChI is InChI=1S/C12H15N3OS/c1-16-7-6-13-8-10-9-17-12(15-10)11-4-2-3-5-14-11/h2-5,9,13H,6-8H2,1H3. The summed E-state index contributed by atoms with van der Waals surface area (Å²) >= 11 is 1.62. The lowest BCUT2D eigenvalue weighted by atomic mass is 10.3. The van der Waals surface area contributed by atoms with Crippen LogP contribution in [0, 0.1) is 0 Å². The molecule has 0 spiro atoms. The van der Waals surface area contributed by atoms with Crippen LogP contribution in [0.2, 0.25) is 0 Å². The van der Waals surface area contributed by atoms with Crippen molar-refractivity contribution in [3.8, 4) is 10.7 Å². The summed E-state index contributed by atoms with van der Waals surface area (Å²) in [6, 6.07) is 5.85. The van der Waals surface area contributed by atoms with Crippen LogP contribution in [0.25, 0.3) is 10.7 Å². The maximum atomic E-state index is 4.96. The molecule has 17 heavy (non-hydrogen) atoms. The van der Waals surface area contributed by atoms with Gasteiger partial charge in [-0.1, -0.05) is 6.07 Å². The Balaban J connectivity index is 1.92. The fourth-order valence-electron chi connectivity index (χ4n) is 1.39. The topological polar surface area (TPSA) is 47.0 Å². The van der Waals surface area contributed by atoms with E-state index >= 15 is 0 Å². The number of nitrogens with zero attached hydrogens (tertiary/aromatic N) is 2. The Morgan fingerprint density at radius 3 is 3.12 bits per heavy atom. The fourth-order valence-corrected chi connectivity index (χ4v) is 2.18. The van der Waals surface area contributed by atoms with E-state index < -0.39 is 0 Å². The van der Waals surface area contributed by atoms with Gasteiger partial charge >= 0.3 is 0 Å². The Morgan fingerprint density at radius 1 is 1.41 bits per heavy atom. The van der Waals surface area contributed by atoms with Crippen LogP contribution >= 0.6 is 11.3 Å². The van der Waals surface area contributed by atoms with Crippen LogP contribution in [0.1, 0.15) is 5.69 Å². The molecule has 0 aliphatic rings. The third-order valence-corrected chi connectivity index (χ3v) is 3.14. The van der Waals surface area contributed by atoms with Crippen molar-refractivity contribution in [1.29, 1.82) is 0 Å². The predicted octanol–water partition coefficient (Wildman–Crippen LogP) is 1.94. The van der Waals surface area contributed by atoms with Crippen molar-refractivity contribution in [1.82, 2.24) is 15.3 Å². The molecule has 0 amide bonds. The van der Waals surface area contributed by atoms with Gasteiger partial charge in [0, 0.05) is 31.8 Å². The first-order valence-electron chi connectivity index (χ1n) is 5.45. The minimum atomic E-state index is 0.719. The fraction of sp³-hybridized carbons (Fsp3) is 0.333. The summed E-state index contributed by atoms with van der Waals surface area (Å²) in [4.78, 5) is 8.81. The number of hydrogen-bond donors (Lipinski definition) is 1. The summed E-state index contributed by atoms with van der Waals surface area (Å²) in [6.07, 6.45) is 1.78. The van der Waals surface area contributed by atoms with Crippen LogP contribution in [0.15, 0.2) is 29.8 Å². The molecular formula is C12H15N3OS. The SMILES string of the molecule is COCCNCc1csc(-c2ccccn2)n1. The molecule has 1 N–H and O–H groups in total. The summed E-state index contributed by atoms with van der Waals surface area (Å²) in [5, 5.41) is 6.29. The average Bonchev–Trinajstić information content (AvgIpc) is 2.85. The zero-order valence-electron chi connectivity index (χ0n) is 9.72. The second-order valence-electron chi connectivity index (χ2n) is 3.53. The first-order chi connectivity index (χ1) is 8.40. The Kier molecular flexibility index (Phi) is 4.61. The number of methoxy groups -OCH3 is 1. The molecule has 5 heteroatoms. The van der Waals surface area contributed by atoms with E-state index in [0.717, 1.165) is 36.1 Å². The minimum Gasteiger partial charge on any atom is -0.383 e. The lowest BCUT2D eigenvalue weighted by Crippen LogP contribution is -2.18. The van der Waals surface area contributed by atoms with Crippen LogP contribution in [-0.4, -0.2) is 30.2 Å². The van der Waals surface area contributed by atoms with Gasteiger partial charge in [-0.25, -0.2) is 4.98 Å². The minimum absolute atomic E-state index is 0.719. The molecule has 0 fully saturated rings. The maximum Gasteiger partial charge on any atom is 0.142 e. The molecule has 0 saturated carbocycles. The molecule has 2 heterocycles. The number of thiazole rings is 1. The number of nitrogens with one attached hydrogen (secondary N) is 1. The molecule has 0 aliphatic carbocycles. The summed E-state index contributed by atoms with van der Waals surface area (Å²) in [5.41, 5.74) is 1.98. The number of hydrogen-bond acceptors (Lipinski definition) is 5. The van der Waals surface area contributed by atoms with Crippen molar-refractivity contribution < 1.29 is 4.74 Å². The predicted molar refractivity (Wildman–Crippen MR) is 68.9 cm³/mol. The molecule has 0 bridgehead atoms. The molecule has 0 aromatic carbocycles. The Labute approximate surface area is 105 Å². The smallest absolute Gasteiger partial charge is 0.142 e. The second kappa shape index (κ2) is 6.44.